The number of benzene rings is 2. The summed E-state index contributed by atoms with van der Waals surface area (Å²) in [6.07, 6.45) is 3.21. The highest BCUT2D eigenvalue weighted by Gasteiger charge is 2.07. The zero-order valence-electron chi connectivity index (χ0n) is 16.1. The molecule has 1 amide bonds. The number of ether oxygens (including phenoxy) is 2. The van der Waals surface area contributed by atoms with Crippen LogP contribution in [0.1, 0.15) is 21.7 Å². The van der Waals surface area contributed by atoms with Crippen molar-refractivity contribution >= 4 is 28.5 Å². The molecule has 0 spiro atoms. The summed E-state index contributed by atoms with van der Waals surface area (Å²) in [5, 5.41) is 3.38. The summed E-state index contributed by atoms with van der Waals surface area (Å²) in [6, 6.07) is 15.5. The van der Waals surface area contributed by atoms with Gasteiger partial charge in [0.15, 0.2) is 16.6 Å². The van der Waals surface area contributed by atoms with Gasteiger partial charge in [-0.15, -0.1) is 11.3 Å². The molecule has 3 aromatic rings. The topological polar surface area (TPSA) is 60.5 Å². The number of carbonyl (C=O) groups is 1. The number of hydrogen-bond acceptors (Lipinski definition) is 5. The number of nitrogens with one attached hydrogen (secondary N) is 1. The van der Waals surface area contributed by atoms with Gasteiger partial charge in [0.05, 0.1) is 12.8 Å². The molecule has 1 N–H and O–H groups in total. The molecule has 5 nitrogen and oxygen atoms in total. The number of methoxy groups -OCH3 is 1. The second-order valence-electron chi connectivity index (χ2n) is 6.17. The van der Waals surface area contributed by atoms with Gasteiger partial charge in [0.2, 0.25) is 5.91 Å². The number of rotatable bonds is 7. The molecule has 0 aliphatic carbocycles. The molecule has 0 saturated heterocycles. The molecule has 3 rings (SSSR count). The smallest absolute Gasteiger partial charge is 0.250 e. The fourth-order valence-electron chi connectivity index (χ4n) is 2.49. The van der Waals surface area contributed by atoms with E-state index in [0.29, 0.717) is 23.2 Å². The maximum atomic E-state index is 12.1. The highest BCUT2D eigenvalue weighted by molar-refractivity contribution is 7.15. The Bertz CT molecular complexity index is 961. The lowest BCUT2D eigenvalue weighted by Crippen LogP contribution is -2.07. The van der Waals surface area contributed by atoms with Gasteiger partial charge in [-0.2, -0.15) is 0 Å². The summed E-state index contributed by atoms with van der Waals surface area (Å²) < 4.78 is 11.3. The molecule has 0 unspecified atom stereocenters. The van der Waals surface area contributed by atoms with E-state index < -0.39 is 0 Å². The number of aryl methyl sites for hydroxylation is 2. The van der Waals surface area contributed by atoms with Gasteiger partial charge in [0, 0.05) is 11.0 Å². The van der Waals surface area contributed by atoms with Crippen molar-refractivity contribution < 1.29 is 14.3 Å². The molecule has 0 bridgehead atoms. The normalized spacial score (nSPS) is 10.8. The Morgan fingerprint density at radius 3 is 2.61 bits per heavy atom. The Labute approximate surface area is 168 Å². The van der Waals surface area contributed by atoms with Crippen LogP contribution in [0, 0.1) is 13.8 Å². The number of anilines is 1. The van der Waals surface area contributed by atoms with Gasteiger partial charge in [-0.25, -0.2) is 4.98 Å². The molecule has 0 saturated carbocycles. The molecule has 0 atom stereocenters. The predicted molar refractivity (Wildman–Crippen MR) is 113 cm³/mol. The first-order chi connectivity index (χ1) is 13.5. The van der Waals surface area contributed by atoms with Crippen LogP contribution in [-0.2, 0) is 11.4 Å². The van der Waals surface area contributed by atoms with E-state index in [1.54, 1.807) is 13.2 Å². The Balaban J connectivity index is 1.63. The molecule has 1 heterocycles. The van der Waals surface area contributed by atoms with Crippen molar-refractivity contribution in [3.63, 3.8) is 0 Å². The quantitative estimate of drug-likeness (QED) is 0.573. The highest BCUT2D eigenvalue weighted by Crippen LogP contribution is 2.29. The lowest BCUT2D eigenvalue weighted by Gasteiger charge is -2.11. The Hall–Kier alpha value is -3.12. The first kappa shape index (κ1) is 19.6. The van der Waals surface area contributed by atoms with Crippen molar-refractivity contribution in [1.82, 2.24) is 4.98 Å². The zero-order valence-corrected chi connectivity index (χ0v) is 16.9. The average molecular weight is 394 g/mol. The largest absolute Gasteiger partial charge is 0.493 e. The van der Waals surface area contributed by atoms with E-state index in [1.807, 2.05) is 62.4 Å². The fourth-order valence-corrected chi connectivity index (χ4v) is 3.31. The third-order valence-corrected chi connectivity index (χ3v) is 5.10. The monoisotopic (exact) mass is 394 g/mol. The van der Waals surface area contributed by atoms with Gasteiger partial charge < -0.3 is 9.47 Å². The summed E-state index contributed by atoms with van der Waals surface area (Å²) in [7, 11) is 1.60. The minimum absolute atomic E-state index is 0.225. The number of amides is 1. The standard InChI is InChI=1S/C22H22N2O3S/c1-15-16(2)28-22(23-15)24-21(25)12-10-17-9-11-19(20(13-17)26-3)27-14-18-7-5-4-6-8-18/h4-13H,14H2,1-3H3,(H,23,24,25). The molecule has 1 aromatic heterocycles. The van der Waals surface area contributed by atoms with Gasteiger partial charge in [0.1, 0.15) is 6.61 Å². The van der Waals surface area contributed by atoms with Gasteiger partial charge >= 0.3 is 0 Å². The van der Waals surface area contributed by atoms with Crippen molar-refractivity contribution in [2.45, 2.75) is 20.5 Å². The number of nitrogens with zero attached hydrogens (tertiary/aromatic N) is 1. The third-order valence-electron chi connectivity index (χ3n) is 4.11. The Kier molecular flexibility index (Phi) is 6.45. The SMILES string of the molecule is COc1cc(C=CC(=O)Nc2nc(C)c(C)s2)ccc1OCc1ccccc1. The second-order valence-corrected chi connectivity index (χ2v) is 7.37. The van der Waals surface area contributed by atoms with Crippen LogP contribution in [0.4, 0.5) is 5.13 Å². The van der Waals surface area contributed by atoms with E-state index in [-0.39, 0.29) is 5.91 Å². The first-order valence-corrected chi connectivity index (χ1v) is 9.64. The van der Waals surface area contributed by atoms with Crippen molar-refractivity contribution in [1.29, 1.82) is 0 Å². The number of carbonyl (C=O) groups excluding carboxylic acids is 1. The van der Waals surface area contributed by atoms with Crippen LogP contribution in [0.2, 0.25) is 0 Å². The summed E-state index contributed by atoms with van der Waals surface area (Å²) in [4.78, 5) is 17.5. The second kappa shape index (κ2) is 9.19. The first-order valence-electron chi connectivity index (χ1n) is 8.83. The summed E-state index contributed by atoms with van der Waals surface area (Å²) in [5.41, 5.74) is 2.85. The summed E-state index contributed by atoms with van der Waals surface area (Å²) >= 11 is 1.46. The lowest BCUT2D eigenvalue weighted by molar-refractivity contribution is -0.111. The van der Waals surface area contributed by atoms with Crippen molar-refractivity contribution in [3.05, 3.63) is 76.3 Å². The molecule has 6 heteroatoms. The molecule has 0 aliphatic rings. The zero-order chi connectivity index (χ0) is 19.9. The molecule has 2 aromatic carbocycles. The van der Waals surface area contributed by atoms with Crippen LogP contribution in [0.5, 0.6) is 11.5 Å². The van der Waals surface area contributed by atoms with Gasteiger partial charge in [0.25, 0.3) is 0 Å². The number of hydrogen-bond donors (Lipinski definition) is 1. The summed E-state index contributed by atoms with van der Waals surface area (Å²) in [5.74, 6) is 1.04. The number of thiazole rings is 1. The highest BCUT2D eigenvalue weighted by atomic mass is 32.1. The molecular formula is C22H22N2O3S. The van der Waals surface area contributed by atoms with Crippen LogP contribution < -0.4 is 14.8 Å². The minimum atomic E-state index is -0.225. The van der Waals surface area contributed by atoms with Crippen LogP contribution in [-0.4, -0.2) is 18.0 Å². The maximum Gasteiger partial charge on any atom is 0.250 e. The lowest BCUT2D eigenvalue weighted by atomic mass is 10.2. The fraction of sp³-hybridized carbons (Fsp3) is 0.182. The van der Waals surface area contributed by atoms with E-state index >= 15 is 0 Å². The molecule has 144 valence electrons. The van der Waals surface area contributed by atoms with Gasteiger partial charge in [-0.1, -0.05) is 36.4 Å². The van der Waals surface area contributed by atoms with Crippen molar-refractivity contribution in [3.8, 4) is 11.5 Å². The van der Waals surface area contributed by atoms with E-state index in [4.69, 9.17) is 9.47 Å². The maximum absolute atomic E-state index is 12.1. The minimum Gasteiger partial charge on any atom is -0.493 e. The van der Waals surface area contributed by atoms with E-state index in [0.717, 1.165) is 21.7 Å². The van der Waals surface area contributed by atoms with Crippen LogP contribution in [0.3, 0.4) is 0 Å². The van der Waals surface area contributed by atoms with E-state index in [1.165, 1.54) is 17.4 Å². The van der Waals surface area contributed by atoms with Gasteiger partial charge in [-0.05, 0) is 43.2 Å². The number of aromatic nitrogens is 1. The van der Waals surface area contributed by atoms with E-state index in [9.17, 15) is 4.79 Å². The molecular weight excluding hydrogens is 372 g/mol. The van der Waals surface area contributed by atoms with Crippen molar-refractivity contribution in [2.75, 3.05) is 12.4 Å². The van der Waals surface area contributed by atoms with Crippen LogP contribution in [0.25, 0.3) is 6.08 Å². The molecule has 0 aliphatic heterocycles. The molecule has 0 radical (unpaired) electrons. The van der Waals surface area contributed by atoms with Crippen LogP contribution >= 0.6 is 11.3 Å². The van der Waals surface area contributed by atoms with Crippen molar-refractivity contribution in [2.24, 2.45) is 0 Å². The Morgan fingerprint density at radius 2 is 1.93 bits per heavy atom. The third kappa shape index (κ3) is 5.20. The molecule has 28 heavy (non-hydrogen) atoms. The molecule has 0 fully saturated rings. The Morgan fingerprint density at radius 1 is 1.14 bits per heavy atom. The predicted octanol–water partition coefficient (Wildman–Crippen LogP) is 5.00. The van der Waals surface area contributed by atoms with Gasteiger partial charge in [-0.3, -0.25) is 10.1 Å². The van der Waals surface area contributed by atoms with E-state index in [2.05, 4.69) is 10.3 Å². The average Bonchev–Trinajstić information content (AvgIpc) is 3.02. The summed E-state index contributed by atoms with van der Waals surface area (Å²) in [6.45, 7) is 4.36. The van der Waals surface area contributed by atoms with Crippen LogP contribution in [0.15, 0.2) is 54.6 Å².